The molecule has 0 N–H and O–H groups in total. The van der Waals surface area contributed by atoms with Crippen molar-refractivity contribution in [3.63, 3.8) is 0 Å². The fourth-order valence-electron chi connectivity index (χ4n) is 9.75. The molecule has 282 valence electrons. The molecule has 0 atom stereocenters. The van der Waals surface area contributed by atoms with Crippen LogP contribution < -0.4 is 0 Å². The molecule has 11 aromatic rings. The van der Waals surface area contributed by atoms with Crippen LogP contribution in [0.5, 0.6) is 0 Å². The van der Waals surface area contributed by atoms with E-state index in [1.807, 2.05) is 30.3 Å². The fraction of sp³-hybridized carbons (Fsp3) is 0.0526. The predicted molar refractivity (Wildman–Crippen MR) is 249 cm³/mol. The number of hydrogen-bond acceptors (Lipinski definition) is 3. The molecule has 3 nitrogen and oxygen atoms in total. The monoisotopic (exact) mass is 766 g/mol. The smallest absolute Gasteiger partial charge is 0.160 e. The first-order valence-corrected chi connectivity index (χ1v) is 20.6. The molecule has 0 fully saturated rings. The van der Waals surface area contributed by atoms with Crippen LogP contribution in [0.25, 0.3) is 111 Å². The van der Waals surface area contributed by atoms with Gasteiger partial charge in [-0.15, -0.1) is 0 Å². The third-order valence-corrected chi connectivity index (χ3v) is 12.7. The summed E-state index contributed by atoms with van der Waals surface area (Å²) < 4.78 is 6.34. The van der Waals surface area contributed by atoms with Crippen molar-refractivity contribution in [3.05, 3.63) is 205 Å². The van der Waals surface area contributed by atoms with E-state index in [0.29, 0.717) is 5.82 Å². The van der Waals surface area contributed by atoms with Crippen molar-refractivity contribution in [1.82, 2.24) is 9.97 Å². The Morgan fingerprint density at radius 3 is 1.80 bits per heavy atom. The molecule has 1 aliphatic rings. The average molecular weight is 767 g/mol. The van der Waals surface area contributed by atoms with Gasteiger partial charge in [0, 0.05) is 32.9 Å². The Morgan fingerprint density at radius 1 is 0.367 bits per heavy atom. The maximum Gasteiger partial charge on any atom is 0.160 e. The summed E-state index contributed by atoms with van der Waals surface area (Å²) in [5.41, 5.74) is 16.4. The molecular weight excluding hydrogens is 729 g/mol. The lowest BCUT2D eigenvalue weighted by Crippen LogP contribution is -2.14. The van der Waals surface area contributed by atoms with Crippen molar-refractivity contribution >= 4 is 43.5 Å². The van der Waals surface area contributed by atoms with E-state index < -0.39 is 0 Å². The summed E-state index contributed by atoms with van der Waals surface area (Å²) in [6.45, 7) is 4.73. The highest BCUT2D eigenvalue weighted by Crippen LogP contribution is 2.54. The third kappa shape index (κ3) is 5.29. The van der Waals surface area contributed by atoms with Gasteiger partial charge in [-0.1, -0.05) is 172 Å². The Bertz CT molecular complexity index is 3520. The van der Waals surface area contributed by atoms with Gasteiger partial charge in [-0.05, 0) is 102 Å². The summed E-state index contributed by atoms with van der Waals surface area (Å²) >= 11 is 0. The molecule has 9 aromatic carbocycles. The summed E-state index contributed by atoms with van der Waals surface area (Å²) in [6.07, 6.45) is 0. The molecule has 0 saturated heterocycles. The number of hydrogen-bond donors (Lipinski definition) is 0. The summed E-state index contributed by atoms with van der Waals surface area (Å²) in [7, 11) is 0. The Hall–Kier alpha value is -7.62. The molecule has 0 aliphatic heterocycles. The van der Waals surface area contributed by atoms with Gasteiger partial charge in [0.1, 0.15) is 11.2 Å². The zero-order chi connectivity index (χ0) is 40.0. The van der Waals surface area contributed by atoms with Gasteiger partial charge in [0.25, 0.3) is 0 Å². The molecule has 0 radical (unpaired) electrons. The molecule has 1 aliphatic carbocycles. The summed E-state index contributed by atoms with van der Waals surface area (Å²) in [5, 5.41) is 7.12. The highest BCUT2D eigenvalue weighted by atomic mass is 16.3. The Morgan fingerprint density at radius 2 is 0.983 bits per heavy atom. The highest BCUT2D eigenvalue weighted by Gasteiger charge is 2.37. The first-order chi connectivity index (χ1) is 29.5. The van der Waals surface area contributed by atoms with Gasteiger partial charge in [0.05, 0.1) is 11.4 Å². The van der Waals surface area contributed by atoms with Crippen LogP contribution in [-0.2, 0) is 5.41 Å². The zero-order valence-electron chi connectivity index (χ0n) is 33.3. The van der Waals surface area contributed by atoms with Gasteiger partial charge in [-0.3, -0.25) is 0 Å². The van der Waals surface area contributed by atoms with Gasteiger partial charge in [0.2, 0.25) is 0 Å². The number of para-hydroxylation sites is 1. The summed E-state index contributed by atoms with van der Waals surface area (Å²) in [5.74, 6) is 0.686. The zero-order valence-corrected chi connectivity index (χ0v) is 33.3. The van der Waals surface area contributed by atoms with Crippen LogP contribution in [0.4, 0.5) is 0 Å². The minimum absolute atomic E-state index is 0.125. The van der Waals surface area contributed by atoms with Gasteiger partial charge >= 0.3 is 0 Å². The van der Waals surface area contributed by atoms with Crippen LogP contribution in [0.2, 0.25) is 0 Å². The van der Waals surface area contributed by atoms with Crippen LogP contribution in [0, 0.1) is 0 Å². The standard InChI is InChI=1S/C57H38N2O/c1-57(2)49-25-14-24-47(55(49)48-31-36-17-6-7-18-37(36)32-50(48)57)42-29-30-44(41-21-10-9-20-40(41)42)52-34-51(58-56(59-52)35-15-4-3-5-16-35)43-22-11-8-19-39(43)38-27-28-46-45-23-12-13-26-53(45)60-54(46)33-38/h3-34H,1-2H3. The SMILES string of the molecule is CC1(C)c2cc3ccccc3cc2-c2c(-c3ccc(-c4cc(-c5ccccc5-c5ccc6c(c5)oc5ccccc56)nc(-c5ccccc5)n4)c4ccccc34)cccc21. The van der Waals surface area contributed by atoms with E-state index in [9.17, 15) is 0 Å². The molecule has 0 bridgehead atoms. The number of benzene rings is 9. The second-order valence-corrected chi connectivity index (χ2v) is 16.5. The minimum atomic E-state index is -0.125. The molecule has 60 heavy (non-hydrogen) atoms. The van der Waals surface area contributed by atoms with Crippen molar-refractivity contribution in [2.45, 2.75) is 19.3 Å². The highest BCUT2D eigenvalue weighted by molar-refractivity contribution is 6.09. The molecule has 0 unspecified atom stereocenters. The number of aromatic nitrogens is 2. The second kappa shape index (κ2) is 13.2. The van der Waals surface area contributed by atoms with E-state index in [0.717, 1.165) is 66.5 Å². The van der Waals surface area contributed by atoms with E-state index in [4.69, 9.17) is 14.4 Å². The molecule has 12 rings (SSSR count). The van der Waals surface area contributed by atoms with Crippen LogP contribution in [-0.4, -0.2) is 9.97 Å². The summed E-state index contributed by atoms with van der Waals surface area (Å²) in [4.78, 5) is 10.6. The number of fused-ring (bicyclic) bond motifs is 8. The van der Waals surface area contributed by atoms with E-state index in [2.05, 4.69) is 178 Å². The van der Waals surface area contributed by atoms with Crippen LogP contribution in [0.1, 0.15) is 25.0 Å². The minimum Gasteiger partial charge on any atom is -0.456 e. The van der Waals surface area contributed by atoms with Crippen LogP contribution in [0.3, 0.4) is 0 Å². The molecule has 0 saturated carbocycles. The molecule has 2 heterocycles. The maximum atomic E-state index is 6.34. The topological polar surface area (TPSA) is 38.9 Å². The molecule has 3 heteroatoms. The van der Waals surface area contributed by atoms with E-state index in [1.54, 1.807) is 0 Å². The van der Waals surface area contributed by atoms with Gasteiger partial charge in [0.15, 0.2) is 5.82 Å². The Balaban J connectivity index is 1.04. The Kier molecular flexibility index (Phi) is 7.58. The second-order valence-electron chi connectivity index (χ2n) is 16.5. The third-order valence-electron chi connectivity index (χ3n) is 12.7. The van der Waals surface area contributed by atoms with E-state index in [1.165, 1.54) is 49.5 Å². The quantitative estimate of drug-likeness (QED) is 0.175. The first kappa shape index (κ1) is 34.4. The van der Waals surface area contributed by atoms with Gasteiger partial charge < -0.3 is 4.42 Å². The number of rotatable bonds is 5. The number of nitrogens with zero attached hydrogens (tertiary/aromatic N) is 2. The van der Waals surface area contributed by atoms with Crippen LogP contribution >= 0.6 is 0 Å². The molecule has 2 aromatic heterocycles. The summed E-state index contributed by atoms with van der Waals surface area (Å²) in [6, 6.07) is 69.5. The Labute approximate surface area is 348 Å². The molecule has 0 spiro atoms. The van der Waals surface area contributed by atoms with Crippen molar-refractivity contribution in [1.29, 1.82) is 0 Å². The van der Waals surface area contributed by atoms with Crippen molar-refractivity contribution in [2.24, 2.45) is 0 Å². The lowest BCUT2D eigenvalue weighted by molar-refractivity contribution is 0.661. The normalized spacial score (nSPS) is 13.0. The number of furan rings is 1. The maximum absolute atomic E-state index is 6.34. The average Bonchev–Trinajstić information content (AvgIpc) is 3.79. The van der Waals surface area contributed by atoms with E-state index >= 15 is 0 Å². The van der Waals surface area contributed by atoms with Crippen molar-refractivity contribution < 1.29 is 4.42 Å². The first-order valence-electron chi connectivity index (χ1n) is 20.6. The fourth-order valence-corrected chi connectivity index (χ4v) is 9.75. The lowest BCUT2D eigenvalue weighted by Gasteiger charge is -2.22. The lowest BCUT2D eigenvalue weighted by atomic mass is 9.81. The predicted octanol–water partition coefficient (Wildman–Crippen LogP) is 15.3. The van der Waals surface area contributed by atoms with Crippen molar-refractivity contribution in [2.75, 3.05) is 0 Å². The van der Waals surface area contributed by atoms with Crippen molar-refractivity contribution in [3.8, 4) is 67.3 Å². The largest absolute Gasteiger partial charge is 0.456 e. The van der Waals surface area contributed by atoms with Gasteiger partial charge in [-0.25, -0.2) is 9.97 Å². The van der Waals surface area contributed by atoms with Gasteiger partial charge in [-0.2, -0.15) is 0 Å². The van der Waals surface area contributed by atoms with E-state index in [-0.39, 0.29) is 5.41 Å². The molecular formula is C57H38N2O. The van der Waals surface area contributed by atoms with Crippen LogP contribution in [0.15, 0.2) is 199 Å². The molecule has 0 amide bonds.